The van der Waals surface area contributed by atoms with E-state index in [-0.39, 0.29) is 11.8 Å². The van der Waals surface area contributed by atoms with Gasteiger partial charge in [-0.2, -0.15) is 5.26 Å². The number of nitrogens with zero attached hydrogens (tertiary/aromatic N) is 1. The molecule has 1 unspecified atom stereocenters. The van der Waals surface area contributed by atoms with E-state index >= 15 is 0 Å². The van der Waals surface area contributed by atoms with Crippen LogP contribution in [0.2, 0.25) is 0 Å². The van der Waals surface area contributed by atoms with E-state index in [2.05, 4.69) is 25.2 Å². The molecule has 0 aromatic carbocycles. The lowest BCUT2D eigenvalue weighted by Crippen LogP contribution is -2.30. The fourth-order valence-electron chi connectivity index (χ4n) is 1.94. The molecule has 0 spiro atoms. The normalized spacial score (nSPS) is 12.3. The SMILES string of the molecule is Cc1sc(NC(=O)C(CN)CC(C)C)c(C#N)c1C. The summed E-state index contributed by atoms with van der Waals surface area (Å²) in [6.45, 7) is 8.31. The highest BCUT2D eigenvalue weighted by atomic mass is 32.1. The van der Waals surface area contributed by atoms with Gasteiger partial charge in [-0.15, -0.1) is 11.3 Å². The van der Waals surface area contributed by atoms with Gasteiger partial charge in [-0.1, -0.05) is 13.8 Å². The molecule has 0 bridgehead atoms. The predicted molar refractivity (Wildman–Crippen MR) is 79.1 cm³/mol. The summed E-state index contributed by atoms with van der Waals surface area (Å²) in [5.74, 6) is 0.129. The van der Waals surface area contributed by atoms with Crippen LogP contribution in [0.15, 0.2) is 0 Å². The van der Waals surface area contributed by atoms with Crippen molar-refractivity contribution in [3.63, 3.8) is 0 Å². The average Bonchev–Trinajstić information content (AvgIpc) is 2.61. The number of nitrogens with two attached hydrogens (primary N) is 1. The molecule has 1 rings (SSSR count). The van der Waals surface area contributed by atoms with Gasteiger partial charge in [0.25, 0.3) is 0 Å². The van der Waals surface area contributed by atoms with Gasteiger partial charge >= 0.3 is 0 Å². The Bertz CT molecular complexity index is 500. The number of nitriles is 1. The van der Waals surface area contributed by atoms with E-state index in [0.717, 1.165) is 16.9 Å². The van der Waals surface area contributed by atoms with Gasteiger partial charge in [-0.05, 0) is 31.7 Å². The van der Waals surface area contributed by atoms with Gasteiger partial charge in [0.15, 0.2) is 0 Å². The van der Waals surface area contributed by atoms with Crippen molar-refractivity contribution < 1.29 is 4.79 Å². The van der Waals surface area contributed by atoms with Crippen molar-refractivity contribution in [1.29, 1.82) is 5.26 Å². The van der Waals surface area contributed by atoms with Crippen molar-refractivity contribution in [1.82, 2.24) is 0 Å². The monoisotopic (exact) mass is 279 g/mol. The Balaban J connectivity index is 2.87. The molecule has 0 aliphatic heterocycles. The Labute approximate surface area is 118 Å². The standard InChI is InChI=1S/C14H21N3OS/c1-8(2)5-11(6-15)13(18)17-14-12(7-16)9(3)10(4)19-14/h8,11H,5-6,15H2,1-4H3,(H,17,18). The molecule has 0 aliphatic rings. The number of carbonyl (C=O) groups excluding carboxylic acids is 1. The zero-order chi connectivity index (χ0) is 14.6. The molecule has 1 aromatic rings. The van der Waals surface area contributed by atoms with E-state index in [1.807, 2.05) is 13.8 Å². The number of amides is 1. The zero-order valence-electron chi connectivity index (χ0n) is 11.9. The quantitative estimate of drug-likeness (QED) is 0.869. The van der Waals surface area contributed by atoms with Crippen LogP contribution in [-0.4, -0.2) is 12.5 Å². The lowest BCUT2D eigenvalue weighted by Gasteiger charge is -2.16. The maximum absolute atomic E-state index is 12.2. The van der Waals surface area contributed by atoms with Gasteiger partial charge in [-0.3, -0.25) is 4.79 Å². The number of hydrogen-bond acceptors (Lipinski definition) is 4. The summed E-state index contributed by atoms with van der Waals surface area (Å²) in [6, 6.07) is 2.15. The highest BCUT2D eigenvalue weighted by molar-refractivity contribution is 7.16. The van der Waals surface area contributed by atoms with E-state index in [1.165, 1.54) is 11.3 Å². The van der Waals surface area contributed by atoms with Crippen molar-refractivity contribution >= 4 is 22.2 Å². The number of anilines is 1. The Hall–Kier alpha value is -1.38. The molecule has 0 fully saturated rings. The van der Waals surface area contributed by atoms with Crippen LogP contribution in [0.25, 0.3) is 0 Å². The third-order valence-electron chi connectivity index (χ3n) is 3.15. The number of thiophene rings is 1. The van der Waals surface area contributed by atoms with E-state index in [9.17, 15) is 4.79 Å². The number of carbonyl (C=O) groups is 1. The fraction of sp³-hybridized carbons (Fsp3) is 0.571. The summed E-state index contributed by atoms with van der Waals surface area (Å²) in [6.07, 6.45) is 0.757. The van der Waals surface area contributed by atoms with E-state index in [4.69, 9.17) is 11.0 Å². The molecule has 0 radical (unpaired) electrons. The molecule has 3 N–H and O–H groups in total. The predicted octanol–water partition coefficient (Wildman–Crippen LogP) is 2.80. The van der Waals surface area contributed by atoms with Crippen molar-refractivity contribution in [2.24, 2.45) is 17.6 Å². The van der Waals surface area contributed by atoms with Crippen molar-refractivity contribution in [3.8, 4) is 6.07 Å². The van der Waals surface area contributed by atoms with Crippen LogP contribution in [0.5, 0.6) is 0 Å². The van der Waals surface area contributed by atoms with Gasteiger partial charge in [0.1, 0.15) is 11.1 Å². The minimum atomic E-state index is -0.200. The topological polar surface area (TPSA) is 78.9 Å². The summed E-state index contributed by atoms with van der Waals surface area (Å²) in [5, 5.41) is 12.6. The summed E-state index contributed by atoms with van der Waals surface area (Å²) in [7, 11) is 0. The molecule has 1 aromatic heterocycles. The van der Waals surface area contributed by atoms with Crippen LogP contribution in [-0.2, 0) is 4.79 Å². The first kappa shape index (κ1) is 15.7. The van der Waals surface area contributed by atoms with Gasteiger partial charge in [0.05, 0.1) is 11.5 Å². The van der Waals surface area contributed by atoms with Gasteiger partial charge in [0, 0.05) is 11.4 Å². The fourth-order valence-corrected chi connectivity index (χ4v) is 2.96. The van der Waals surface area contributed by atoms with Crippen LogP contribution in [0.4, 0.5) is 5.00 Å². The van der Waals surface area contributed by atoms with Crippen LogP contribution >= 0.6 is 11.3 Å². The number of nitrogens with one attached hydrogen (secondary N) is 1. The van der Waals surface area contributed by atoms with Gasteiger partial charge in [0.2, 0.25) is 5.91 Å². The third-order valence-corrected chi connectivity index (χ3v) is 4.27. The van der Waals surface area contributed by atoms with E-state index in [0.29, 0.717) is 23.0 Å². The number of hydrogen-bond donors (Lipinski definition) is 2. The van der Waals surface area contributed by atoms with Gasteiger partial charge in [-0.25, -0.2) is 0 Å². The Kier molecular flexibility index (Phi) is 5.52. The molecule has 19 heavy (non-hydrogen) atoms. The van der Waals surface area contributed by atoms with Crippen LogP contribution in [0.1, 0.15) is 36.3 Å². The maximum atomic E-state index is 12.2. The number of aryl methyl sites for hydroxylation is 1. The molecule has 5 heteroatoms. The summed E-state index contributed by atoms with van der Waals surface area (Å²) >= 11 is 1.45. The van der Waals surface area contributed by atoms with Crippen molar-refractivity contribution in [2.45, 2.75) is 34.1 Å². The average molecular weight is 279 g/mol. The molecular formula is C14H21N3OS. The first-order valence-corrected chi connectivity index (χ1v) is 7.23. The van der Waals surface area contributed by atoms with Crippen molar-refractivity contribution in [2.75, 3.05) is 11.9 Å². The second-order valence-corrected chi connectivity index (χ2v) is 6.38. The molecule has 0 aliphatic carbocycles. The van der Waals surface area contributed by atoms with Crippen LogP contribution in [0.3, 0.4) is 0 Å². The van der Waals surface area contributed by atoms with Gasteiger partial charge < -0.3 is 11.1 Å². The second-order valence-electron chi connectivity index (χ2n) is 5.15. The first-order chi connectivity index (χ1) is 8.90. The summed E-state index contributed by atoms with van der Waals surface area (Å²) in [4.78, 5) is 13.2. The summed E-state index contributed by atoms with van der Waals surface area (Å²) in [5.41, 5.74) is 7.17. The molecule has 104 valence electrons. The zero-order valence-corrected chi connectivity index (χ0v) is 12.7. The van der Waals surface area contributed by atoms with Crippen LogP contribution in [0, 0.1) is 37.0 Å². The molecule has 1 atom stereocenters. The smallest absolute Gasteiger partial charge is 0.229 e. The van der Waals surface area contributed by atoms with Crippen molar-refractivity contribution in [3.05, 3.63) is 16.0 Å². The van der Waals surface area contributed by atoms with E-state index in [1.54, 1.807) is 0 Å². The Morgan fingerprint density at radius 1 is 1.47 bits per heavy atom. The summed E-state index contributed by atoms with van der Waals surface area (Å²) < 4.78 is 0. The van der Waals surface area contributed by atoms with E-state index < -0.39 is 0 Å². The molecule has 1 amide bonds. The number of rotatable bonds is 5. The minimum Gasteiger partial charge on any atom is -0.330 e. The minimum absolute atomic E-state index is 0.0889. The lowest BCUT2D eigenvalue weighted by molar-refractivity contribution is -0.120. The molecule has 4 nitrogen and oxygen atoms in total. The maximum Gasteiger partial charge on any atom is 0.229 e. The first-order valence-electron chi connectivity index (χ1n) is 6.41. The second kappa shape index (κ2) is 6.69. The molecule has 0 saturated carbocycles. The third kappa shape index (κ3) is 3.79. The highest BCUT2D eigenvalue weighted by Crippen LogP contribution is 2.32. The molecular weight excluding hydrogens is 258 g/mol. The lowest BCUT2D eigenvalue weighted by atomic mass is 9.96. The molecule has 0 saturated heterocycles. The largest absolute Gasteiger partial charge is 0.330 e. The van der Waals surface area contributed by atoms with Crippen LogP contribution < -0.4 is 11.1 Å². The molecule has 1 heterocycles. The highest BCUT2D eigenvalue weighted by Gasteiger charge is 2.21. The Morgan fingerprint density at radius 3 is 2.58 bits per heavy atom. The Morgan fingerprint density at radius 2 is 2.11 bits per heavy atom.